The van der Waals surface area contributed by atoms with Crippen molar-refractivity contribution < 1.29 is 0 Å². The normalized spacial score (nSPS) is 33.8. The van der Waals surface area contributed by atoms with Gasteiger partial charge in [-0.2, -0.15) is 4.80 Å². The van der Waals surface area contributed by atoms with Gasteiger partial charge in [0.05, 0.1) is 7.05 Å². The van der Waals surface area contributed by atoms with E-state index in [9.17, 15) is 0 Å². The van der Waals surface area contributed by atoms with Crippen LogP contribution in [0, 0.1) is 5.92 Å². The average Bonchev–Trinajstić information content (AvgIpc) is 2.80. The average molecular weight is 250 g/mol. The second-order valence-corrected chi connectivity index (χ2v) is 5.85. The molecule has 3 atom stereocenters. The molecule has 2 fully saturated rings. The fraction of sp³-hybridized carbons (Fsp3) is 0.917. The predicted octanol–water partition coefficient (Wildman–Crippen LogP) is -0.0473. The molecule has 2 saturated heterocycles. The molecule has 2 N–H and O–H groups in total. The monoisotopic (exact) mass is 250 g/mol. The Bertz CT molecular complexity index is 402. The minimum Gasteiger partial charge on any atom is -0.327 e. The van der Waals surface area contributed by atoms with Crippen LogP contribution < -0.4 is 5.73 Å². The number of hydrogen-bond acceptors (Lipinski definition) is 5. The van der Waals surface area contributed by atoms with E-state index in [4.69, 9.17) is 5.73 Å². The Morgan fingerprint density at radius 2 is 1.94 bits per heavy atom. The third-order valence-electron chi connectivity index (χ3n) is 4.71. The van der Waals surface area contributed by atoms with Crippen LogP contribution in [0.25, 0.3) is 0 Å². The molecule has 6 heteroatoms. The van der Waals surface area contributed by atoms with E-state index in [-0.39, 0.29) is 6.04 Å². The van der Waals surface area contributed by atoms with Crippen molar-refractivity contribution in [1.82, 2.24) is 25.1 Å². The molecule has 0 saturated carbocycles. The largest absolute Gasteiger partial charge is 0.327 e. The number of nitrogens with zero attached hydrogens (tertiary/aromatic N) is 5. The van der Waals surface area contributed by atoms with Crippen LogP contribution in [-0.4, -0.2) is 50.3 Å². The number of aryl methyl sites for hydroxylation is 1. The number of piperidine rings is 1. The van der Waals surface area contributed by atoms with Crippen molar-refractivity contribution in [2.24, 2.45) is 18.7 Å². The summed E-state index contributed by atoms with van der Waals surface area (Å²) >= 11 is 0. The number of fused-ring (bicyclic) bond motifs is 2. The Balaban J connectivity index is 1.62. The molecule has 0 radical (unpaired) electrons. The lowest BCUT2D eigenvalue weighted by molar-refractivity contribution is 0.120. The first-order chi connectivity index (χ1) is 8.63. The number of nitrogens with two attached hydrogens (primary N) is 1. The number of hydrogen-bond donors (Lipinski definition) is 1. The summed E-state index contributed by atoms with van der Waals surface area (Å²) in [6, 6.07) is 1.66. The van der Waals surface area contributed by atoms with Crippen LogP contribution in [-0.2, 0) is 13.5 Å². The van der Waals surface area contributed by atoms with Gasteiger partial charge in [-0.3, -0.25) is 0 Å². The van der Waals surface area contributed by atoms with Crippen molar-refractivity contribution in [1.29, 1.82) is 0 Å². The van der Waals surface area contributed by atoms with Crippen molar-refractivity contribution in [2.75, 3.05) is 7.05 Å². The van der Waals surface area contributed by atoms with E-state index < -0.39 is 0 Å². The van der Waals surface area contributed by atoms with Crippen molar-refractivity contribution in [3.8, 4) is 0 Å². The van der Waals surface area contributed by atoms with Crippen molar-refractivity contribution in [3.05, 3.63) is 5.82 Å². The van der Waals surface area contributed by atoms with Crippen molar-refractivity contribution in [3.63, 3.8) is 0 Å². The van der Waals surface area contributed by atoms with Crippen LogP contribution in [0.5, 0.6) is 0 Å². The smallest absolute Gasteiger partial charge is 0.176 e. The second kappa shape index (κ2) is 4.59. The molecule has 2 bridgehead atoms. The molecule has 0 aliphatic carbocycles. The first kappa shape index (κ1) is 12.0. The summed E-state index contributed by atoms with van der Waals surface area (Å²) in [6.45, 7) is 0. The molecule has 0 amide bonds. The lowest BCUT2D eigenvalue weighted by atomic mass is 9.84. The fourth-order valence-corrected chi connectivity index (χ4v) is 3.59. The van der Waals surface area contributed by atoms with Gasteiger partial charge in [0.15, 0.2) is 5.82 Å². The maximum Gasteiger partial charge on any atom is 0.176 e. The van der Waals surface area contributed by atoms with Gasteiger partial charge in [-0.1, -0.05) is 0 Å². The Morgan fingerprint density at radius 3 is 2.50 bits per heavy atom. The Kier molecular flexibility index (Phi) is 3.07. The lowest BCUT2D eigenvalue weighted by Crippen LogP contribution is -2.46. The van der Waals surface area contributed by atoms with Crippen LogP contribution in [0.3, 0.4) is 0 Å². The highest BCUT2D eigenvalue weighted by Crippen LogP contribution is 2.38. The molecule has 3 unspecified atom stereocenters. The summed E-state index contributed by atoms with van der Waals surface area (Å²) < 4.78 is 0. The van der Waals surface area contributed by atoms with Crippen molar-refractivity contribution in [2.45, 2.75) is 50.2 Å². The van der Waals surface area contributed by atoms with E-state index in [1.165, 1.54) is 30.5 Å². The van der Waals surface area contributed by atoms with Crippen molar-refractivity contribution >= 4 is 0 Å². The lowest BCUT2D eigenvalue weighted by Gasteiger charge is -2.38. The quantitative estimate of drug-likeness (QED) is 0.814. The SMILES string of the molecule is CN1C2CCC1CC(C(N)Cc1nnn(C)n1)C2. The highest BCUT2D eigenvalue weighted by Gasteiger charge is 2.40. The summed E-state index contributed by atoms with van der Waals surface area (Å²) in [5.74, 6) is 1.39. The van der Waals surface area contributed by atoms with Gasteiger partial charge < -0.3 is 10.6 Å². The van der Waals surface area contributed by atoms with E-state index in [0.717, 1.165) is 24.3 Å². The first-order valence-electron chi connectivity index (χ1n) is 6.84. The molecule has 0 aromatic carbocycles. The summed E-state index contributed by atoms with van der Waals surface area (Å²) in [6.07, 6.45) is 5.89. The maximum atomic E-state index is 6.35. The molecule has 3 rings (SSSR count). The van der Waals surface area contributed by atoms with E-state index in [2.05, 4.69) is 27.4 Å². The number of rotatable bonds is 3. The topological polar surface area (TPSA) is 72.9 Å². The third-order valence-corrected chi connectivity index (χ3v) is 4.71. The van der Waals surface area contributed by atoms with Gasteiger partial charge in [0.1, 0.15) is 0 Å². The second-order valence-electron chi connectivity index (χ2n) is 5.85. The van der Waals surface area contributed by atoms with Gasteiger partial charge in [-0.05, 0) is 43.9 Å². The van der Waals surface area contributed by atoms with Gasteiger partial charge in [-0.15, -0.1) is 10.2 Å². The van der Waals surface area contributed by atoms with Gasteiger partial charge in [0, 0.05) is 24.5 Å². The fourth-order valence-electron chi connectivity index (χ4n) is 3.59. The third kappa shape index (κ3) is 2.14. The predicted molar refractivity (Wildman–Crippen MR) is 67.8 cm³/mol. The molecule has 1 aromatic heterocycles. The Labute approximate surface area is 108 Å². The van der Waals surface area contributed by atoms with Crippen LogP contribution in [0.4, 0.5) is 0 Å². The molecule has 6 nitrogen and oxygen atoms in total. The van der Waals surface area contributed by atoms with Gasteiger partial charge in [0.25, 0.3) is 0 Å². The van der Waals surface area contributed by atoms with Gasteiger partial charge in [0.2, 0.25) is 0 Å². The molecule has 100 valence electrons. The zero-order chi connectivity index (χ0) is 12.7. The number of tetrazole rings is 1. The standard InChI is InChI=1S/C12H22N6/c1-17-9-3-4-10(17)6-8(5-9)11(13)7-12-14-16-18(2)15-12/h8-11H,3-7,13H2,1-2H3. The summed E-state index contributed by atoms with van der Waals surface area (Å²) in [5, 5.41) is 12.1. The van der Waals surface area contributed by atoms with Crippen LogP contribution >= 0.6 is 0 Å². The van der Waals surface area contributed by atoms with E-state index in [1.807, 2.05) is 0 Å². The summed E-state index contributed by atoms with van der Waals surface area (Å²) in [5.41, 5.74) is 6.35. The molecule has 18 heavy (non-hydrogen) atoms. The van der Waals surface area contributed by atoms with Crippen LogP contribution in [0.15, 0.2) is 0 Å². The highest BCUT2D eigenvalue weighted by atomic mass is 15.6. The highest BCUT2D eigenvalue weighted by molar-refractivity contribution is 4.98. The van der Waals surface area contributed by atoms with E-state index in [0.29, 0.717) is 5.92 Å². The van der Waals surface area contributed by atoms with Gasteiger partial charge >= 0.3 is 0 Å². The molecule has 0 spiro atoms. The van der Waals surface area contributed by atoms with Crippen LogP contribution in [0.1, 0.15) is 31.5 Å². The maximum absolute atomic E-state index is 6.35. The molecule has 3 heterocycles. The first-order valence-corrected chi connectivity index (χ1v) is 6.84. The molecule has 2 aliphatic rings. The van der Waals surface area contributed by atoms with Crippen LogP contribution in [0.2, 0.25) is 0 Å². The van der Waals surface area contributed by atoms with E-state index >= 15 is 0 Å². The molecule has 1 aromatic rings. The minimum absolute atomic E-state index is 0.172. The minimum atomic E-state index is 0.172. The zero-order valence-corrected chi connectivity index (χ0v) is 11.2. The molecule has 2 aliphatic heterocycles. The summed E-state index contributed by atoms with van der Waals surface area (Å²) in [4.78, 5) is 4.05. The Morgan fingerprint density at radius 1 is 1.28 bits per heavy atom. The Hall–Kier alpha value is -1.01. The summed E-state index contributed by atoms with van der Waals surface area (Å²) in [7, 11) is 4.05. The zero-order valence-electron chi connectivity index (χ0n) is 11.2. The number of aromatic nitrogens is 4. The molecular weight excluding hydrogens is 228 g/mol. The van der Waals surface area contributed by atoms with Gasteiger partial charge in [-0.25, -0.2) is 0 Å². The molecular formula is C12H22N6. The van der Waals surface area contributed by atoms with E-state index in [1.54, 1.807) is 7.05 Å².